The molecule has 0 aliphatic carbocycles. The lowest BCUT2D eigenvalue weighted by atomic mass is 10.1. The molecule has 1 aromatic carbocycles. The first-order valence-electron chi connectivity index (χ1n) is 4.13. The van der Waals surface area contributed by atoms with Crippen molar-refractivity contribution in [1.82, 2.24) is 4.90 Å². The molecular formula is C10H11NO3. The molecule has 4 nitrogen and oxygen atoms in total. The van der Waals surface area contributed by atoms with Gasteiger partial charge in [-0.25, -0.2) is 4.79 Å². The average molecular weight is 193 g/mol. The average Bonchev–Trinajstić information content (AvgIpc) is 2.20. The summed E-state index contributed by atoms with van der Waals surface area (Å²) in [7, 11) is 1.37. The molecule has 1 aromatic rings. The first-order chi connectivity index (χ1) is 6.66. The van der Waals surface area contributed by atoms with Gasteiger partial charge in [-0.3, -0.25) is 4.90 Å². The predicted octanol–water partition coefficient (Wildman–Crippen LogP) is 1.54. The van der Waals surface area contributed by atoms with Crippen LogP contribution in [0, 0.1) is 0 Å². The van der Waals surface area contributed by atoms with Crippen LogP contribution in [0.3, 0.4) is 0 Å². The Bertz CT molecular complexity index is 323. The summed E-state index contributed by atoms with van der Waals surface area (Å²) in [5.74, 6) is 0. The fraction of sp³-hybridized carbons (Fsp3) is 0.200. The van der Waals surface area contributed by atoms with Crippen LogP contribution in [0.25, 0.3) is 0 Å². The van der Waals surface area contributed by atoms with Gasteiger partial charge in [0.25, 0.3) is 0 Å². The van der Waals surface area contributed by atoms with Crippen molar-refractivity contribution in [3.8, 4) is 0 Å². The number of likely N-dealkylation sites (N-methyl/N-ethyl adjacent to an activating group) is 1. The summed E-state index contributed by atoms with van der Waals surface area (Å²) in [6.45, 7) is 0. The van der Waals surface area contributed by atoms with Gasteiger partial charge in [-0.05, 0) is 5.56 Å². The summed E-state index contributed by atoms with van der Waals surface area (Å²) in [5, 5.41) is 8.71. The van der Waals surface area contributed by atoms with E-state index in [1.807, 2.05) is 6.07 Å². The summed E-state index contributed by atoms with van der Waals surface area (Å²) in [6, 6.07) is 8.06. The summed E-state index contributed by atoms with van der Waals surface area (Å²) >= 11 is 0. The number of carbonyl (C=O) groups is 2. The Hall–Kier alpha value is -1.84. The lowest BCUT2D eigenvalue weighted by Gasteiger charge is -2.20. The van der Waals surface area contributed by atoms with Gasteiger partial charge < -0.3 is 9.90 Å². The molecule has 0 saturated carbocycles. The number of carbonyl (C=O) groups excluding carboxylic acids is 1. The van der Waals surface area contributed by atoms with Crippen molar-refractivity contribution >= 4 is 12.4 Å². The van der Waals surface area contributed by atoms with Gasteiger partial charge in [0.1, 0.15) is 12.3 Å². The van der Waals surface area contributed by atoms with E-state index in [-0.39, 0.29) is 0 Å². The lowest BCUT2D eigenvalue weighted by Crippen LogP contribution is -2.30. The monoisotopic (exact) mass is 193 g/mol. The van der Waals surface area contributed by atoms with E-state index in [9.17, 15) is 9.59 Å². The first-order valence-corrected chi connectivity index (χ1v) is 4.13. The molecule has 14 heavy (non-hydrogen) atoms. The molecule has 1 atom stereocenters. The molecule has 0 fully saturated rings. The van der Waals surface area contributed by atoms with Crippen LogP contribution in [-0.4, -0.2) is 29.4 Å². The topological polar surface area (TPSA) is 57.6 Å². The van der Waals surface area contributed by atoms with E-state index in [0.717, 1.165) is 4.90 Å². The highest BCUT2D eigenvalue weighted by Crippen LogP contribution is 2.16. The van der Waals surface area contributed by atoms with Gasteiger partial charge in [-0.1, -0.05) is 30.3 Å². The van der Waals surface area contributed by atoms with Crippen molar-refractivity contribution in [2.45, 2.75) is 6.04 Å². The van der Waals surface area contributed by atoms with E-state index >= 15 is 0 Å². The third-order valence-electron chi connectivity index (χ3n) is 1.99. The highest BCUT2D eigenvalue weighted by atomic mass is 16.4. The molecule has 0 saturated heterocycles. The van der Waals surface area contributed by atoms with Gasteiger partial charge >= 0.3 is 6.09 Å². The standard InChI is InChI=1S/C10H11NO3/c1-11(10(13)14)9(7-12)8-5-3-2-4-6-8/h2-7,9H,1H3,(H,13,14). The van der Waals surface area contributed by atoms with Crippen molar-refractivity contribution in [2.75, 3.05) is 7.05 Å². The maximum Gasteiger partial charge on any atom is 0.407 e. The molecule has 0 spiro atoms. The Kier molecular flexibility index (Phi) is 3.23. The Morgan fingerprint density at radius 2 is 2.00 bits per heavy atom. The van der Waals surface area contributed by atoms with Crippen molar-refractivity contribution in [2.24, 2.45) is 0 Å². The summed E-state index contributed by atoms with van der Waals surface area (Å²) < 4.78 is 0. The fourth-order valence-electron chi connectivity index (χ4n) is 1.16. The number of carboxylic acid groups (broad SMARTS) is 1. The van der Waals surface area contributed by atoms with Crippen LogP contribution in [0.4, 0.5) is 4.79 Å². The van der Waals surface area contributed by atoms with Crippen molar-refractivity contribution in [3.05, 3.63) is 35.9 Å². The minimum atomic E-state index is -1.12. The second-order valence-corrected chi connectivity index (χ2v) is 2.89. The van der Waals surface area contributed by atoms with E-state index in [1.54, 1.807) is 24.3 Å². The minimum absolute atomic E-state index is 0.615. The van der Waals surface area contributed by atoms with Crippen LogP contribution in [0.2, 0.25) is 0 Å². The Morgan fingerprint density at radius 1 is 1.43 bits per heavy atom. The molecule has 1 unspecified atom stereocenters. The maximum atomic E-state index is 10.7. The Morgan fingerprint density at radius 3 is 2.43 bits per heavy atom. The summed E-state index contributed by atoms with van der Waals surface area (Å²) in [6.07, 6.45) is -0.505. The van der Waals surface area contributed by atoms with Crippen LogP contribution in [0.15, 0.2) is 30.3 Å². The van der Waals surface area contributed by atoms with Crippen LogP contribution in [-0.2, 0) is 4.79 Å². The Labute approximate surface area is 81.8 Å². The van der Waals surface area contributed by atoms with Crippen molar-refractivity contribution in [3.63, 3.8) is 0 Å². The molecule has 1 N–H and O–H groups in total. The lowest BCUT2D eigenvalue weighted by molar-refractivity contribution is -0.111. The fourth-order valence-corrected chi connectivity index (χ4v) is 1.16. The number of hydrogen-bond acceptors (Lipinski definition) is 2. The second-order valence-electron chi connectivity index (χ2n) is 2.89. The zero-order chi connectivity index (χ0) is 10.6. The molecule has 0 bridgehead atoms. The van der Waals surface area contributed by atoms with Gasteiger partial charge in [0.2, 0.25) is 0 Å². The Balaban J connectivity index is 2.93. The normalized spacial score (nSPS) is 11.8. The SMILES string of the molecule is CN(C(=O)O)C(C=O)c1ccccc1. The predicted molar refractivity (Wildman–Crippen MR) is 51.0 cm³/mol. The molecule has 4 heteroatoms. The third kappa shape index (κ3) is 2.10. The highest BCUT2D eigenvalue weighted by molar-refractivity contribution is 5.72. The van der Waals surface area contributed by atoms with Gasteiger partial charge in [0.05, 0.1) is 0 Å². The van der Waals surface area contributed by atoms with E-state index in [4.69, 9.17) is 5.11 Å². The van der Waals surface area contributed by atoms with Crippen LogP contribution in [0.1, 0.15) is 11.6 Å². The van der Waals surface area contributed by atoms with E-state index < -0.39 is 12.1 Å². The van der Waals surface area contributed by atoms with Crippen LogP contribution >= 0.6 is 0 Å². The van der Waals surface area contributed by atoms with E-state index in [2.05, 4.69) is 0 Å². The molecule has 0 radical (unpaired) electrons. The molecule has 1 amide bonds. The van der Waals surface area contributed by atoms with Gasteiger partial charge in [-0.15, -0.1) is 0 Å². The molecular weight excluding hydrogens is 182 g/mol. The number of rotatable bonds is 3. The molecule has 74 valence electrons. The zero-order valence-electron chi connectivity index (χ0n) is 7.75. The van der Waals surface area contributed by atoms with Crippen LogP contribution < -0.4 is 0 Å². The van der Waals surface area contributed by atoms with E-state index in [1.165, 1.54) is 7.05 Å². The van der Waals surface area contributed by atoms with E-state index in [0.29, 0.717) is 11.8 Å². The van der Waals surface area contributed by atoms with Gasteiger partial charge in [-0.2, -0.15) is 0 Å². The molecule has 1 rings (SSSR count). The minimum Gasteiger partial charge on any atom is -0.465 e. The molecule has 0 aliphatic heterocycles. The number of amides is 1. The molecule has 0 heterocycles. The number of benzene rings is 1. The quantitative estimate of drug-likeness (QED) is 0.740. The first kappa shape index (κ1) is 10.2. The van der Waals surface area contributed by atoms with Crippen molar-refractivity contribution in [1.29, 1.82) is 0 Å². The largest absolute Gasteiger partial charge is 0.465 e. The van der Waals surface area contributed by atoms with Crippen molar-refractivity contribution < 1.29 is 14.7 Å². The highest BCUT2D eigenvalue weighted by Gasteiger charge is 2.19. The molecule has 0 aromatic heterocycles. The zero-order valence-corrected chi connectivity index (χ0v) is 7.75. The number of hydrogen-bond donors (Lipinski definition) is 1. The van der Waals surface area contributed by atoms with Crippen LogP contribution in [0.5, 0.6) is 0 Å². The maximum absolute atomic E-state index is 10.7. The second kappa shape index (κ2) is 4.41. The third-order valence-corrected chi connectivity index (χ3v) is 1.99. The number of aldehydes is 1. The summed E-state index contributed by atoms with van der Waals surface area (Å²) in [4.78, 5) is 22.4. The molecule has 0 aliphatic rings. The van der Waals surface area contributed by atoms with Gasteiger partial charge in [0.15, 0.2) is 0 Å². The summed E-state index contributed by atoms with van der Waals surface area (Å²) in [5.41, 5.74) is 0.674. The smallest absolute Gasteiger partial charge is 0.407 e. The van der Waals surface area contributed by atoms with Gasteiger partial charge in [0, 0.05) is 7.05 Å². The number of nitrogens with zero attached hydrogens (tertiary/aromatic N) is 1.